The zero-order chi connectivity index (χ0) is 13.3. The fourth-order valence-electron chi connectivity index (χ4n) is 5.32. The first-order valence-corrected chi connectivity index (χ1v) is 7.75. The summed E-state index contributed by atoms with van der Waals surface area (Å²) in [5.74, 6) is 0. The highest BCUT2D eigenvalue weighted by molar-refractivity contribution is 5.18. The lowest BCUT2D eigenvalue weighted by Gasteiger charge is -2.69. The van der Waals surface area contributed by atoms with Gasteiger partial charge in [0.15, 0.2) is 0 Å². The van der Waals surface area contributed by atoms with Crippen molar-refractivity contribution in [1.82, 2.24) is 19.6 Å². The Balaban J connectivity index is 1.81. The largest absolute Gasteiger partial charge is 0.395 e. The minimum atomic E-state index is 0.0668. The van der Waals surface area contributed by atoms with Crippen molar-refractivity contribution in [2.45, 2.75) is 37.6 Å². The van der Waals surface area contributed by atoms with E-state index in [1.165, 1.54) is 26.1 Å². The average molecular weight is 266 g/mol. The van der Waals surface area contributed by atoms with Gasteiger partial charge >= 0.3 is 0 Å². The predicted octanol–water partition coefficient (Wildman–Crippen LogP) is -0.568. The monoisotopic (exact) mass is 266 g/mol. The lowest BCUT2D eigenvalue weighted by molar-refractivity contribution is -0.252. The minimum absolute atomic E-state index is 0.0668. The van der Waals surface area contributed by atoms with Crippen LogP contribution in [-0.2, 0) is 0 Å². The van der Waals surface area contributed by atoms with Crippen molar-refractivity contribution in [3.63, 3.8) is 0 Å². The van der Waals surface area contributed by atoms with Gasteiger partial charge < -0.3 is 5.11 Å². The lowest BCUT2D eigenvalue weighted by atomic mass is 9.83. The van der Waals surface area contributed by atoms with Crippen molar-refractivity contribution >= 4 is 0 Å². The van der Waals surface area contributed by atoms with Crippen LogP contribution in [0.3, 0.4) is 0 Å². The Labute approximate surface area is 115 Å². The molecule has 4 saturated heterocycles. The molecule has 0 spiro atoms. The fourth-order valence-corrected chi connectivity index (χ4v) is 5.32. The van der Waals surface area contributed by atoms with E-state index in [-0.39, 0.29) is 11.3 Å². The standard InChI is InChI=1S/C14H26N4O/c1-13-14(2)17-7-6-15(13)4-3-5-16(13)8-9-18(14)12(10-17)11-19/h12,19H,3-11H2,1-2H3/t12?,13-,14+/m1/s1. The Bertz CT molecular complexity index is 384. The molecule has 19 heavy (non-hydrogen) atoms. The third kappa shape index (κ3) is 1.29. The zero-order valence-corrected chi connectivity index (χ0v) is 12.2. The van der Waals surface area contributed by atoms with Crippen LogP contribution < -0.4 is 0 Å². The van der Waals surface area contributed by atoms with Gasteiger partial charge in [-0.05, 0) is 20.3 Å². The van der Waals surface area contributed by atoms with Gasteiger partial charge in [0, 0.05) is 51.9 Å². The second-order valence-corrected chi connectivity index (χ2v) is 6.85. The van der Waals surface area contributed by atoms with E-state index in [2.05, 4.69) is 33.4 Å². The molecule has 4 fully saturated rings. The summed E-state index contributed by atoms with van der Waals surface area (Å²) in [6.07, 6.45) is 1.30. The summed E-state index contributed by atoms with van der Waals surface area (Å²) >= 11 is 0. The highest BCUT2D eigenvalue weighted by atomic mass is 16.3. The van der Waals surface area contributed by atoms with Gasteiger partial charge in [0.25, 0.3) is 0 Å². The van der Waals surface area contributed by atoms with Crippen LogP contribution >= 0.6 is 0 Å². The van der Waals surface area contributed by atoms with Gasteiger partial charge in [0.1, 0.15) is 11.3 Å². The van der Waals surface area contributed by atoms with Crippen LogP contribution in [0.4, 0.5) is 0 Å². The highest BCUT2D eigenvalue weighted by Gasteiger charge is 2.67. The van der Waals surface area contributed by atoms with Crippen molar-refractivity contribution in [3.8, 4) is 0 Å². The summed E-state index contributed by atoms with van der Waals surface area (Å²) in [5.41, 5.74) is 0.184. The summed E-state index contributed by atoms with van der Waals surface area (Å²) in [6, 6.07) is 0.325. The average Bonchev–Trinajstić information content (AvgIpc) is 2.70. The smallest absolute Gasteiger partial charge is 0.104 e. The molecule has 4 aliphatic rings. The third-order valence-electron chi connectivity index (χ3n) is 6.49. The minimum Gasteiger partial charge on any atom is -0.395 e. The third-order valence-corrected chi connectivity index (χ3v) is 6.49. The molecule has 0 saturated carbocycles. The van der Waals surface area contributed by atoms with Crippen LogP contribution in [0.1, 0.15) is 20.3 Å². The topological polar surface area (TPSA) is 33.2 Å². The number of hydrogen-bond acceptors (Lipinski definition) is 5. The molecule has 108 valence electrons. The number of piperazine rings is 2. The molecule has 5 nitrogen and oxygen atoms in total. The molecule has 4 aliphatic heterocycles. The molecule has 3 atom stereocenters. The van der Waals surface area contributed by atoms with Crippen LogP contribution in [0.2, 0.25) is 0 Å². The van der Waals surface area contributed by atoms with E-state index < -0.39 is 0 Å². The SMILES string of the molecule is C[C@@]12N3CCCN1CCN1C(CO)CN(CC3)[C@@]12C. The lowest BCUT2D eigenvalue weighted by Crippen LogP contribution is -2.85. The number of rotatable bonds is 1. The normalized spacial score (nSPS) is 48.5. The number of aliphatic hydroxyl groups excluding tert-OH is 1. The molecular formula is C14H26N4O. The van der Waals surface area contributed by atoms with Crippen LogP contribution in [-0.4, -0.2) is 94.5 Å². The first kappa shape index (κ1) is 12.5. The molecule has 0 aromatic heterocycles. The van der Waals surface area contributed by atoms with Crippen LogP contribution in [0.5, 0.6) is 0 Å². The van der Waals surface area contributed by atoms with E-state index in [1.807, 2.05) is 0 Å². The van der Waals surface area contributed by atoms with Crippen LogP contribution in [0.15, 0.2) is 0 Å². The van der Waals surface area contributed by atoms with E-state index in [4.69, 9.17) is 0 Å². The van der Waals surface area contributed by atoms with E-state index in [9.17, 15) is 5.11 Å². The summed E-state index contributed by atoms with van der Waals surface area (Å²) in [6.45, 7) is 13.2. The molecule has 0 radical (unpaired) electrons. The number of hydrogen-bond donors (Lipinski definition) is 1. The second-order valence-electron chi connectivity index (χ2n) is 6.85. The van der Waals surface area contributed by atoms with Crippen molar-refractivity contribution in [2.75, 3.05) is 52.4 Å². The summed E-state index contributed by atoms with van der Waals surface area (Å²) in [5, 5.41) is 9.73. The Morgan fingerprint density at radius 3 is 2.21 bits per heavy atom. The summed E-state index contributed by atoms with van der Waals surface area (Å²) < 4.78 is 0. The van der Waals surface area contributed by atoms with Crippen LogP contribution in [0.25, 0.3) is 0 Å². The first-order chi connectivity index (χ1) is 9.12. The zero-order valence-electron chi connectivity index (χ0n) is 12.2. The molecular weight excluding hydrogens is 240 g/mol. The maximum Gasteiger partial charge on any atom is 0.104 e. The van der Waals surface area contributed by atoms with Gasteiger partial charge in [-0.2, -0.15) is 0 Å². The van der Waals surface area contributed by atoms with E-state index in [0.29, 0.717) is 12.6 Å². The van der Waals surface area contributed by atoms with Crippen molar-refractivity contribution in [2.24, 2.45) is 0 Å². The highest BCUT2D eigenvalue weighted by Crippen LogP contribution is 2.49. The Kier molecular flexibility index (Phi) is 2.59. The van der Waals surface area contributed by atoms with Crippen molar-refractivity contribution < 1.29 is 5.11 Å². The Morgan fingerprint density at radius 1 is 0.895 bits per heavy atom. The quantitative estimate of drug-likeness (QED) is 0.687. The van der Waals surface area contributed by atoms with Gasteiger partial charge in [-0.1, -0.05) is 0 Å². The van der Waals surface area contributed by atoms with Gasteiger partial charge in [-0.25, -0.2) is 0 Å². The molecule has 4 heterocycles. The molecule has 0 aliphatic carbocycles. The van der Waals surface area contributed by atoms with E-state index in [0.717, 1.165) is 26.2 Å². The summed E-state index contributed by atoms with van der Waals surface area (Å²) in [7, 11) is 0. The van der Waals surface area contributed by atoms with Crippen molar-refractivity contribution in [1.29, 1.82) is 0 Å². The molecule has 1 N–H and O–H groups in total. The van der Waals surface area contributed by atoms with Gasteiger partial charge in [0.05, 0.1) is 6.61 Å². The number of nitrogens with zero attached hydrogens (tertiary/aromatic N) is 4. The van der Waals surface area contributed by atoms with Gasteiger partial charge in [-0.3, -0.25) is 19.6 Å². The Morgan fingerprint density at radius 2 is 1.53 bits per heavy atom. The summed E-state index contributed by atoms with van der Waals surface area (Å²) in [4.78, 5) is 10.6. The van der Waals surface area contributed by atoms with Gasteiger partial charge in [0.2, 0.25) is 0 Å². The van der Waals surface area contributed by atoms with Crippen molar-refractivity contribution in [3.05, 3.63) is 0 Å². The van der Waals surface area contributed by atoms with Gasteiger partial charge in [-0.15, -0.1) is 0 Å². The molecule has 0 aromatic rings. The molecule has 4 rings (SSSR count). The molecule has 5 heteroatoms. The van der Waals surface area contributed by atoms with E-state index in [1.54, 1.807) is 0 Å². The molecule has 0 bridgehead atoms. The van der Waals surface area contributed by atoms with Crippen LogP contribution in [0, 0.1) is 0 Å². The number of aliphatic hydroxyl groups is 1. The predicted molar refractivity (Wildman–Crippen MR) is 73.7 cm³/mol. The molecule has 0 aromatic carbocycles. The maximum absolute atomic E-state index is 9.73. The first-order valence-electron chi connectivity index (χ1n) is 7.75. The Hall–Kier alpha value is -0.200. The second kappa shape index (κ2) is 3.92. The molecule has 1 unspecified atom stereocenters. The fraction of sp³-hybridized carbons (Fsp3) is 1.00. The maximum atomic E-state index is 9.73. The van der Waals surface area contributed by atoms with E-state index >= 15 is 0 Å². The molecule has 0 amide bonds.